The first-order valence-electron chi connectivity index (χ1n) is 7.84. The van der Waals surface area contributed by atoms with E-state index in [2.05, 4.69) is 0 Å². The smallest absolute Gasteiger partial charge is 0.303 e. The summed E-state index contributed by atoms with van der Waals surface area (Å²) >= 11 is 1.28. The lowest BCUT2D eigenvalue weighted by Gasteiger charge is -2.40. The second kappa shape index (κ2) is 8.31. The molecule has 0 unspecified atom stereocenters. The van der Waals surface area contributed by atoms with E-state index in [1.165, 1.54) is 50.7 Å². The number of esters is 3. The molecule has 1 aliphatic heterocycles. The molecule has 0 amide bonds. The van der Waals surface area contributed by atoms with Gasteiger partial charge in [0.25, 0.3) is 0 Å². The minimum atomic E-state index is -1.03. The lowest BCUT2D eigenvalue weighted by Crippen LogP contribution is -2.51. The first-order valence-corrected chi connectivity index (χ1v) is 8.89. The largest absolute Gasteiger partial charge is 0.508 e. The Hall–Kier alpha value is -2.42. The number of phenols is 2. The highest BCUT2D eigenvalue weighted by Gasteiger charge is 2.47. The van der Waals surface area contributed by atoms with Gasteiger partial charge >= 0.3 is 17.9 Å². The van der Waals surface area contributed by atoms with Crippen LogP contribution < -0.4 is 0 Å². The van der Waals surface area contributed by atoms with Crippen LogP contribution in [-0.4, -0.2) is 52.2 Å². The van der Waals surface area contributed by atoms with E-state index in [1.807, 2.05) is 0 Å². The van der Waals surface area contributed by atoms with Crippen molar-refractivity contribution in [2.75, 3.05) is 5.75 Å². The van der Waals surface area contributed by atoms with Crippen LogP contribution in [0.4, 0.5) is 0 Å². The highest BCUT2D eigenvalue weighted by atomic mass is 32.2. The van der Waals surface area contributed by atoms with Crippen LogP contribution in [0.25, 0.3) is 0 Å². The molecule has 26 heavy (non-hydrogen) atoms. The second-order valence-corrected chi connectivity index (χ2v) is 6.97. The van der Waals surface area contributed by atoms with Crippen LogP contribution in [0.5, 0.6) is 11.5 Å². The van der Waals surface area contributed by atoms with E-state index in [1.54, 1.807) is 0 Å². The maximum Gasteiger partial charge on any atom is 0.303 e. The van der Waals surface area contributed by atoms with E-state index in [0.717, 1.165) is 0 Å². The molecule has 1 aliphatic rings. The second-order valence-electron chi connectivity index (χ2n) is 5.79. The molecule has 0 spiro atoms. The van der Waals surface area contributed by atoms with Crippen LogP contribution in [0.15, 0.2) is 18.2 Å². The fourth-order valence-corrected chi connectivity index (χ4v) is 4.21. The van der Waals surface area contributed by atoms with Gasteiger partial charge in [-0.15, -0.1) is 11.8 Å². The number of ether oxygens (including phenoxy) is 3. The summed E-state index contributed by atoms with van der Waals surface area (Å²) in [5.74, 6) is -1.83. The molecule has 0 aliphatic carbocycles. The van der Waals surface area contributed by atoms with Gasteiger partial charge in [-0.1, -0.05) is 6.07 Å². The van der Waals surface area contributed by atoms with Gasteiger partial charge in [0, 0.05) is 38.2 Å². The van der Waals surface area contributed by atoms with E-state index >= 15 is 0 Å². The molecule has 0 saturated carbocycles. The van der Waals surface area contributed by atoms with Crippen molar-refractivity contribution < 1.29 is 38.8 Å². The highest BCUT2D eigenvalue weighted by Crippen LogP contribution is 2.46. The molecule has 1 aromatic rings. The van der Waals surface area contributed by atoms with Crippen molar-refractivity contribution in [3.63, 3.8) is 0 Å². The molecule has 1 aromatic carbocycles. The quantitative estimate of drug-likeness (QED) is 0.590. The number of thioether (sulfide) groups is 1. The van der Waals surface area contributed by atoms with Gasteiger partial charge in [-0.25, -0.2) is 0 Å². The number of carbonyl (C=O) groups is 3. The van der Waals surface area contributed by atoms with E-state index < -0.39 is 41.5 Å². The molecule has 4 atom stereocenters. The normalized spacial score (nSPS) is 25.2. The van der Waals surface area contributed by atoms with Gasteiger partial charge in [-0.2, -0.15) is 0 Å². The molecule has 2 N–H and O–H groups in total. The average molecular weight is 384 g/mol. The number of rotatable bonds is 4. The number of carbonyl (C=O) groups excluding carboxylic acids is 3. The van der Waals surface area contributed by atoms with Crippen molar-refractivity contribution in [3.8, 4) is 11.5 Å². The summed E-state index contributed by atoms with van der Waals surface area (Å²) in [6.45, 7) is 3.64. The SMILES string of the molecule is CC(=O)O[C@@H]1[C@@H](OC(C)=O)[C@H](OC(C)=O)CS[C@@H]1c1ccc(O)cc1O. The van der Waals surface area contributed by atoms with E-state index in [9.17, 15) is 24.6 Å². The molecule has 1 saturated heterocycles. The summed E-state index contributed by atoms with van der Waals surface area (Å²) in [4.78, 5) is 34.5. The van der Waals surface area contributed by atoms with E-state index in [0.29, 0.717) is 5.56 Å². The Morgan fingerprint density at radius 3 is 2.08 bits per heavy atom. The number of benzene rings is 1. The summed E-state index contributed by atoms with van der Waals surface area (Å²) in [5.41, 5.74) is 0.400. The lowest BCUT2D eigenvalue weighted by atomic mass is 9.98. The molecule has 0 radical (unpaired) electrons. The summed E-state index contributed by atoms with van der Waals surface area (Å²) in [6.07, 6.45) is -2.82. The molecule has 142 valence electrons. The van der Waals surface area contributed by atoms with Gasteiger partial charge in [0.1, 0.15) is 11.5 Å². The number of aromatic hydroxyl groups is 2. The summed E-state index contributed by atoms with van der Waals surface area (Å²) in [6, 6.07) is 4.05. The van der Waals surface area contributed by atoms with Crippen LogP contribution in [0.1, 0.15) is 31.6 Å². The summed E-state index contributed by atoms with van der Waals surface area (Å²) in [5, 5.41) is 19.1. The Kier molecular flexibility index (Phi) is 6.36. The molecule has 1 heterocycles. The first kappa shape index (κ1) is 19.9. The van der Waals surface area contributed by atoms with E-state index in [-0.39, 0.29) is 17.3 Å². The van der Waals surface area contributed by atoms with Crippen LogP contribution in [0.2, 0.25) is 0 Å². The molecular formula is C17H20O8S. The zero-order chi connectivity index (χ0) is 19.4. The Balaban J connectivity index is 2.42. The minimum absolute atomic E-state index is 0.120. The predicted octanol–water partition coefficient (Wildman–Crippen LogP) is 1.68. The molecule has 2 rings (SSSR count). The van der Waals surface area contributed by atoms with Crippen molar-refractivity contribution in [1.29, 1.82) is 0 Å². The van der Waals surface area contributed by atoms with Crippen LogP contribution >= 0.6 is 11.8 Å². The zero-order valence-corrected chi connectivity index (χ0v) is 15.3. The predicted molar refractivity (Wildman–Crippen MR) is 91.6 cm³/mol. The van der Waals surface area contributed by atoms with Gasteiger partial charge in [0.2, 0.25) is 0 Å². The summed E-state index contributed by atoms with van der Waals surface area (Å²) in [7, 11) is 0. The van der Waals surface area contributed by atoms with Crippen molar-refractivity contribution >= 4 is 29.7 Å². The van der Waals surface area contributed by atoms with Crippen molar-refractivity contribution in [2.45, 2.75) is 44.3 Å². The van der Waals surface area contributed by atoms with Crippen LogP contribution in [0, 0.1) is 0 Å². The van der Waals surface area contributed by atoms with Crippen LogP contribution in [0.3, 0.4) is 0 Å². The molecule has 0 bridgehead atoms. The standard InChI is InChI=1S/C17H20O8S/c1-8(18)23-14-7-26-17(12-5-4-11(21)6-13(12)22)16(25-10(3)20)15(14)24-9(2)19/h4-6,14-17,21-22H,7H2,1-3H3/t14-,15+,16-,17-/m1/s1. The highest BCUT2D eigenvalue weighted by molar-refractivity contribution is 7.99. The van der Waals surface area contributed by atoms with Gasteiger partial charge in [0.15, 0.2) is 18.3 Å². The Labute approximate surface area is 154 Å². The third-order valence-electron chi connectivity index (χ3n) is 3.67. The van der Waals surface area contributed by atoms with Gasteiger partial charge in [0.05, 0.1) is 5.25 Å². The fourth-order valence-electron chi connectivity index (χ4n) is 2.78. The monoisotopic (exact) mass is 384 g/mol. The fraction of sp³-hybridized carbons (Fsp3) is 0.471. The van der Waals surface area contributed by atoms with E-state index in [4.69, 9.17) is 14.2 Å². The molecule has 9 heteroatoms. The summed E-state index contributed by atoms with van der Waals surface area (Å²) < 4.78 is 15.9. The Morgan fingerprint density at radius 1 is 0.962 bits per heavy atom. The Morgan fingerprint density at radius 2 is 1.54 bits per heavy atom. The van der Waals surface area contributed by atoms with Crippen molar-refractivity contribution in [1.82, 2.24) is 0 Å². The maximum atomic E-state index is 11.6. The van der Waals surface area contributed by atoms with Crippen LogP contribution in [-0.2, 0) is 28.6 Å². The van der Waals surface area contributed by atoms with Gasteiger partial charge < -0.3 is 24.4 Å². The van der Waals surface area contributed by atoms with Crippen molar-refractivity contribution in [3.05, 3.63) is 23.8 Å². The van der Waals surface area contributed by atoms with Crippen molar-refractivity contribution in [2.24, 2.45) is 0 Å². The topological polar surface area (TPSA) is 119 Å². The minimum Gasteiger partial charge on any atom is -0.508 e. The third kappa shape index (κ3) is 4.81. The third-order valence-corrected chi connectivity index (χ3v) is 5.07. The Bertz CT molecular complexity index is 704. The maximum absolute atomic E-state index is 11.6. The molecule has 1 fully saturated rings. The number of phenolic OH excluding ortho intramolecular Hbond substituents is 2. The molecule has 8 nitrogen and oxygen atoms in total. The van der Waals surface area contributed by atoms with Gasteiger partial charge in [-0.05, 0) is 6.07 Å². The molecule has 0 aromatic heterocycles. The lowest BCUT2D eigenvalue weighted by molar-refractivity contribution is -0.182. The first-order chi connectivity index (χ1) is 12.2. The number of hydrogen-bond acceptors (Lipinski definition) is 9. The van der Waals surface area contributed by atoms with Gasteiger partial charge in [-0.3, -0.25) is 14.4 Å². The zero-order valence-electron chi connectivity index (χ0n) is 14.5. The number of hydrogen-bond donors (Lipinski definition) is 2. The average Bonchev–Trinajstić information content (AvgIpc) is 2.50. The molecular weight excluding hydrogens is 364 g/mol.